The second-order valence-corrected chi connectivity index (χ2v) is 6.42. The van der Waals surface area contributed by atoms with Gasteiger partial charge in [-0.15, -0.1) is 0 Å². The lowest BCUT2D eigenvalue weighted by Crippen LogP contribution is -2.48. The smallest absolute Gasteiger partial charge is 0.272 e. The van der Waals surface area contributed by atoms with Gasteiger partial charge >= 0.3 is 0 Å². The largest absolute Gasteiger partial charge is 0.350 e. The second-order valence-electron chi connectivity index (χ2n) is 6.42. The molecular formula is C19H24FN5O. The molecule has 7 heteroatoms. The van der Waals surface area contributed by atoms with Gasteiger partial charge in [-0.2, -0.15) is 0 Å². The van der Waals surface area contributed by atoms with Gasteiger partial charge in [0.25, 0.3) is 5.91 Å². The Balaban J connectivity index is 1.67. The number of nitrogens with one attached hydrogen (secondary N) is 1. The average molecular weight is 357 g/mol. The maximum Gasteiger partial charge on any atom is 0.272 e. The Morgan fingerprint density at radius 3 is 2.50 bits per heavy atom. The number of aromatic nitrogens is 2. The van der Waals surface area contributed by atoms with Crippen molar-refractivity contribution >= 4 is 11.9 Å². The monoisotopic (exact) mass is 357 g/mol. The van der Waals surface area contributed by atoms with Crippen LogP contribution in [-0.2, 0) is 6.54 Å². The standard InChI is InChI=1S/C19H24FN5O/c1-3-24-8-10-25(11-9-24)18(26)17-12-14(2)22-19(23-17)21-13-15-4-6-16(20)7-5-15/h4-7,12H,3,8-11,13H2,1-2H3,(H,21,22,23). The maximum atomic E-state index is 13.0. The highest BCUT2D eigenvalue weighted by atomic mass is 19.1. The summed E-state index contributed by atoms with van der Waals surface area (Å²) >= 11 is 0. The van der Waals surface area contributed by atoms with Gasteiger partial charge in [0, 0.05) is 38.4 Å². The van der Waals surface area contributed by atoms with Gasteiger partial charge in [-0.05, 0) is 37.2 Å². The predicted octanol–water partition coefficient (Wildman–Crippen LogP) is 2.31. The summed E-state index contributed by atoms with van der Waals surface area (Å²) in [6.07, 6.45) is 0. The van der Waals surface area contributed by atoms with Gasteiger partial charge in [0.2, 0.25) is 5.95 Å². The minimum atomic E-state index is -0.267. The first-order chi connectivity index (χ1) is 12.5. The number of rotatable bonds is 5. The number of nitrogens with zero attached hydrogens (tertiary/aromatic N) is 4. The van der Waals surface area contributed by atoms with Gasteiger partial charge in [0.05, 0.1) is 0 Å². The number of aryl methyl sites for hydroxylation is 1. The molecule has 1 N–H and O–H groups in total. The number of likely N-dealkylation sites (N-methyl/N-ethyl adjacent to an activating group) is 1. The summed E-state index contributed by atoms with van der Waals surface area (Å²) in [6.45, 7) is 8.66. The van der Waals surface area contributed by atoms with Crippen LogP contribution in [0.25, 0.3) is 0 Å². The molecule has 1 aliphatic heterocycles. The van der Waals surface area contributed by atoms with Crippen molar-refractivity contribution in [2.45, 2.75) is 20.4 Å². The lowest BCUT2D eigenvalue weighted by molar-refractivity contribution is 0.0637. The van der Waals surface area contributed by atoms with Crippen molar-refractivity contribution in [1.82, 2.24) is 19.8 Å². The first-order valence-electron chi connectivity index (χ1n) is 8.91. The van der Waals surface area contributed by atoms with E-state index in [1.54, 1.807) is 18.2 Å². The minimum Gasteiger partial charge on any atom is -0.350 e. The Morgan fingerprint density at radius 2 is 1.85 bits per heavy atom. The number of halogens is 1. The Bertz CT molecular complexity index is 757. The maximum absolute atomic E-state index is 13.0. The van der Waals surface area contributed by atoms with Gasteiger partial charge in [-0.1, -0.05) is 19.1 Å². The third kappa shape index (κ3) is 4.54. The fourth-order valence-corrected chi connectivity index (χ4v) is 2.97. The van der Waals surface area contributed by atoms with E-state index in [2.05, 4.69) is 27.1 Å². The molecule has 1 aromatic heterocycles. The molecule has 1 saturated heterocycles. The van der Waals surface area contributed by atoms with E-state index in [0.29, 0.717) is 31.3 Å². The summed E-state index contributed by atoms with van der Waals surface area (Å²) in [4.78, 5) is 25.7. The summed E-state index contributed by atoms with van der Waals surface area (Å²) < 4.78 is 13.0. The molecule has 0 spiro atoms. The number of hydrogen-bond acceptors (Lipinski definition) is 5. The van der Waals surface area contributed by atoms with Crippen LogP contribution in [0.15, 0.2) is 30.3 Å². The number of piperazine rings is 1. The van der Waals surface area contributed by atoms with Crippen LogP contribution >= 0.6 is 0 Å². The Kier molecular flexibility index (Phi) is 5.78. The van der Waals surface area contributed by atoms with Crippen LogP contribution in [0.5, 0.6) is 0 Å². The summed E-state index contributed by atoms with van der Waals surface area (Å²) in [5.41, 5.74) is 2.06. The molecule has 0 bridgehead atoms. The summed E-state index contributed by atoms with van der Waals surface area (Å²) in [5.74, 6) is 0.0811. The van der Waals surface area contributed by atoms with Gasteiger partial charge in [-0.25, -0.2) is 14.4 Å². The number of carbonyl (C=O) groups excluding carboxylic acids is 1. The summed E-state index contributed by atoms with van der Waals surface area (Å²) in [5, 5.41) is 3.11. The Morgan fingerprint density at radius 1 is 1.15 bits per heavy atom. The summed E-state index contributed by atoms with van der Waals surface area (Å²) in [7, 11) is 0. The van der Waals surface area contributed by atoms with Crippen molar-refractivity contribution < 1.29 is 9.18 Å². The molecule has 1 aromatic carbocycles. The number of carbonyl (C=O) groups is 1. The number of anilines is 1. The molecule has 138 valence electrons. The fourth-order valence-electron chi connectivity index (χ4n) is 2.97. The highest BCUT2D eigenvalue weighted by molar-refractivity contribution is 5.92. The first-order valence-corrected chi connectivity index (χ1v) is 8.91. The number of hydrogen-bond donors (Lipinski definition) is 1. The fraction of sp³-hybridized carbons (Fsp3) is 0.421. The topological polar surface area (TPSA) is 61.4 Å². The van der Waals surface area contributed by atoms with Crippen LogP contribution in [0.4, 0.5) is 10.3 Å². The molecule has 0 radical (unpaired) electrons. The van der Waals surface area contributed by atoms with Crippen LogP contribution < -0.4 is 5.32 Å². The predicted molar refractivity (Wildman–Crippen MR) is 98.5 cm³/mol. The zero-order chi connectivity index (χ0) is 18.5. The van der Waals surface area contributed by atoms with Gasteiger partial charge in [-0.3, -0.25) is 4.79 Å². The van der Waals surface area contributed by atoms with E-state index in [-0.39, 0.29) is 11.7 Å². The van der Waals surface area contributed by atoms with Crippen LogP contribution in [0.2, 0.25) is 0 Å². The molecule has 0 unspecified atom stereocenters. The molecule has 0 saturated carbocycles. The van der Waals surface area contributed by atoms with E-state index in [1.165, 1.54) is 12.1 Å². The van der Waals surface area contributed by atoms with Crippen molar-refractivity contribution in [2.75, 3.05) is 38.0 Å². The van der Waals surface area contributed by atoms with E-state index in [9.17, 15) is 9.18 Å². The van der Waals surface area contributed by atoms with E-state index in [4.69, 9.17) is 0 Å². The third-order valence-corrected chi connectivity index (χ3v) is 4.54. The molecule has 1 fully saturated rings. The lowest BCUT2D eigenvalue weighted by atomic mass is 10.2. The molecule has 0 atom stereocenters. The van der Waals surface area contributed by atoms with E-state index < -0.39 is 0 Å². The zero-order valence-electron chi connectivity index (χ0n) is 15.2. The third-order valence-electron chi connectivity index (χ3n) is 4.54. The zero-order valence-corrected chi connectivity index (χ0v) is 15.2. The molecule has 2 heterocycles. The number of benzene rings is 1. The van der Waals surface area contributed by atoms with Gasteiger partial charge in [0.15, 0.2) is 0 Å². The van der Waals surface area contributed by atoms with Gasteiger partial charge < -0.3 is 15.1 Å². The van der Waals surface area contributed by atoms with Crippen molar-refractivity contribution in [3.8, 4) is 0 Å². The Labute approximate surface area is 153 Å². The van der Waals surface area contributed by atoms with E-state index >= 15 is 0 Å². The quantitative estimate of drug-likeness (QED) is 0.890. The first kappa shape index (κ1) is 18.3. The molecule has 3 rings (SSSR count). The molecule has 2 aromatic rings. The minimum absolute atomic E-state index is 0.0592. The van der Waals surface area contributed by atoms with Gasteiger partial charge in [0.1, 0.15) is 11.5 Å². The highest BCUT2D eigenvalue weighted by Gasteiger charge is 2.23. The molecule has 1 aliphatic rings. The average Bonchev–Trinajstić information content (AvgIpc) is 2.66. The Hall–Kier alpha value is -2.54. The molecule has 26 heavy (non-hydrogen) atoms. The second kappa shape index (κ2) is 8.23. The SMILES string of the molecule is CCN1CCN(C(=O)c2cc(C)nc(NCc3ccc(F)cc3)n2)CC1. The highest BCUT2D eigenvalue weighted by Crippen LogP contribution is 2.12. The lowest BCUT2D eigenvalue weighted by Gasteiger charge is -2.33. The molecule has 0 aliphatic carbocycles. The normalized spacial score (nSPS) is 15.1. The van der Waals surface area contributed by atoms with Crippen LogP contribution in [0.1, 0.15) is 28.7 Å². The number of amides is 1. The van der Waals surface area contributed by atoms with Crippen molar-refractivity contribution in [3.63, 3.8) is 0 Å². The molecule has 6 nitrogen and oxygen atoms in total. The van der Waals surface area contributed by atoms with Crippen LogP contribution in [0, 0.1) is 12.7 Å². The van der Waals surface area contributed by atoms with Crippen LogP contribution in [-0.4, -0.2) is 58.4 Å². The van der Waals surface area contributed by atoms with E-state index in [1.807, 2.05) is 11.8 Å². The van der Waals surface area contributed by atoms with Crippen molar-refractivity contribution in [2.24, 2.45) is 0 Å². The molecular weight excluding hydrogens is 333 g/mol. The van der Waals surface area contributed by atoms with Crippen molar-refractivity contribution in [1.29, 1.82) is 0 Å². The van der Waals surface area contributed by atoms with Crippen molar-refractivity contribution in [3.05, 3.63) is 53.1 Å². The van der Waals surface area contributed by atoms with Crippen LogP contribution in [0.3, 0.4) is 0 Å². The van der Waals surface area contributed by atoms with E-state index in [0.717, 1.165) is 30.9 Å². The molecule has 1 amide bonds. The summed E-state index contributed by atoms with van der Waals surface area (Å²) in [6, 6.07) is 7.96.